The number of fused-ring (bicyclic) bond motifs is 2. The van der Waals surface area contributed by atoms with Gasteiger partial charge in [-0.2, -0.15) is 0 Å². The zero-order chi connectivity index (χ0) is 20.7. The first kappa shape index (κ1) is 18.1. The number of rotatable bonds is 4. The third kappa shape index (κ3) is 3.01. The second-order valence-corrected chi connectivity index (χ2v) is 7.35. The van der Waals surface area contributed by atoms with E-state index in [1.54, 1.807) is 28.8 Å². The van der Waals surface area contributed by atoms with E-state index in [9.17, 15) is 9.90 Å². The molecule has 146 valence electrons. The lowest BCUT2D eigenvalue weighted by molar-refractivity contribution is 0.103. The summed E-state index contributed by atoms with van der Waals surface area (Å²) in [5, 5.41) is 11.1. The minimum absolute atomic E-state index is 0.116. The smallest absolute Gasteiger partial charge is 0.206 e. The first-order valence-electron chi connectivity index (χ1n) is 9.75. The van der Waals surface area contributed by atoms with Gasteiger partial charge in [0.25, 0.3) is 0 Å². The van der Waals surface area contributed by atoms with Crippen LogP contribution in [0.25, 0.3) is 22.2 Å². The number of benzene rings is 3. The maximum atomic E-state index is 13.3. The molecule has 0 bridgehead atoms. The molecule has 1 N–H and O–H groups in total. The van der Waals surface area contributed by atoms with Gasteiger partial charge < -0.3 is 5.11 Å². The summed E-state index contributed by atoms with van der Waals surface area (Å²) in [5.41, 5.74) is 5.07. The van der Waals surface area contributed by atoms with Crippen LogP contribution >= 0.6 is 0 Å². The molecule has 2 heterocycles. The predicted molar refractivity (Wildman–Crippen MR) is 117 cm³/mol. The second kappa shape index (κ2) is 7.12. The molecule has 0 aliphatic heterocycles. The highest BCUT2D eigenvalue weighted by Gasteiger charge is 2.26. The van der Waals surface area contributed by atoms with Crippen LogP contribution in [0.2, 0.25) is 0 Å². The molecule has 30 heavy (non-hydrogen) atoms. The largest absolute Gasteiger partial charge is 0.494 e. The Hall–Kier alpha value is -3.99. The molecule has 5 heteroatoms. The molecule has 2 aromatic heterocycles. The van der Waals surface area contributed by atoms with E-state index in [0.717, 1.165) is 16.6 Å². The maximum absolute atomic E-state index is 13.3. The fourth-order valence-corrected chi connectivity index (χ4v) is 3.71. The lowest BCUT2D eigenvalue weighted by Crippen LogP contribution is -2.03. The first-order valence-corrected chi connectivity index (χ1v) is 9.75. The Labute approximate surface area is 173 Å². The van der Waals surface area contributed by atoms with Gasteiger partial charge in [0.1, 0.15) is 11.1 Å². The van der Waals surface area contributed by atoms with Crippen molar-refractivity contribution in [1.82, 2.24) is 14.5 Å². The van der Waals surface area contributed by atoms with E-state index in [0.29, 0.717) is 28.8 Å². The van der Waals surface area contributed by atoms with Crippen LogP contribution in [0.15, 0.2) is 78.9 Å². The second-order valence-electron chi connectivity index (χ2n) is 7.35. The van der Waals surface area contributed by atoms with Gasteiger partial charge in [-0.25, -0.2) is 9.97 Å². The molecule has 0 aliphatic rings. The van der Waals surface area contributed by atoms with E-state index in [1.165, 1.54) is 0 Å². The molecule has 0 fully saturated rings. The van der Waals surface area contributed by atoms with E-state index < -0.39 is 0 Å². The summed E-state index contributed by atoms with van der Waals surface area (Å²) in [4.78, 5) is 22.8. The summed E-state index contributed by atoms with van der Waals surface area (Å²) in [6.07, 6.45) is 0. The molecule has 0 spiro atoms. The minimum atomic E-state index is -0.273. The Morgan fingerprint density at radius 3 is 2.33 bits per heavy atom. The highest BCUT2D eigenvalue weighted by atomic mass is 16.3. The number of aromatic nitrogens is 3. The topological polar surface area (TPSA) is 68.0 Å². The summed E-state index contributed by atoms with van der Waals surface area (Å²) in [6.45, 7) is 2.38. The van der Waals surface area contributed by atoms with Crippen molar-refractivity contribution in [2.75, 3.05) is 0 Å². The molecule has 0 saturated carbocycles. The van der Waals surface area contributed by atoms with Crippen molar-refractivity contribution in [3.05, 3.63) is 101 Å². The monoisotopic (exact) mass is 393 g/mol. The van der Waals surface area contributed by atoms with Crippen LogP contribution in [0.3, 0.4) is 0 Å². The summed E-state index contributed by atoms with van der Waals surface area (Å²) >= 11 is 0. The summed E-state index contributed by atoms with van der Waals surface area (Å²) < 4.78 is 1.66. The Bertz CT molecular complexity index is 1390. The Morgan fingerprint density at radius 2 is 1.60 bits per heavy atom. The maximum Gasteiger partial charge on any atom is 0.206 e. The van der Waals surface area contributed by atoms with Gasteiger partial charge in [0, 0.05) is 5.56 Å². The molecule has 0 atom stereocenters. The Kier molecular flexibility index (Phi) is 4.29. The molecule has 0 unspecified atom stereocenters. The van der Waals surface area contributed by atoms with Gasteiger partial charge in [-0.05, 0) is 30.2 Å². The lowest BCUT2D eigenvalue weighted by Gasteiger charge is -2.07. The average Bonchev–Trinajstić information content (AvgIpc) is 3.03. The fraction of sp³-hybridized carbons (Fsp3) is 0.0800. The molecule has 5 aromatic rings. The highest BCUT2D eigenvalue weighted by Crippen LogP contribution is 2.33. The van der Waals surface area contributed by atoms with Crippen LogP contribution in [0.1, 0.15) is 27.0 Å². The van der Waals surface area contributed by atoms with Crippen LogP contribution in [0, 0.1) is 6.92 Å². The Morgan fingerprint density at radius 1 is 0.900 bits per heavy atom. The molecule has 0 amide bonds. The number of carbonyl (C=O) groups is 1. The van der Waals surface area contributed by atoms with Gasteiger partial charge in [0.05, 0.1) is 17.6 Å². The third-order valence-corrected chi connectivity index (χ3v) is 5.22. The van der Waals surface area contributed by atoms with E-state index in [1.807, 2.05) is 61.5 Å². The lowest BCUT2D eigenvalue weighted by atomic mass is 10.0. The van der Waals surface area contributed by atoms with Gasteiger partial charge >= 0.3 is 0 Å². The van der Waals surface area contributed by atoms with Gasteiger partial charge in [0.2, 0.25) is 11.7 Å². The number of hydrogen-bond acceptors (Lipinski definition) is 4. The normalized spacial score (nSPS) is 11.2. The molecular weight excluding hydrogens is 374 g/mol. The van der Waals surface area contributed by atoms with Crippen molar-refractivity contribution >= 4 is 28.0 Å². The average molecular weight is 393 g/mol. The van der Waals surface area contributed by atoms with Crippen LogP contribution in [-0.4, -0.2) is 25.4 Å². The molecule has 3 aromatic carbocycles. The molecule has 5 nitrogen and oxygen atoms in total. The van der Waals surface area contributed by atoms with E-state index in [2.05, 4.69) is 0 Å². The first-order chi connectivity index (χ1) is 14.6. The number of aryl methyl sites for hydroxylation is 1. The van der Waals surface area contributed by atoms with E-state index in [-0.39, 0.29) is 17.2 Å². The molecule has 5 rings (SSSR count). The van der Waals surface area contributed by atoms with Crippen LogP contribution in [-0.2, 0) is 6.54 Å². The molecule has 0 aliphatic carbocycles. The van der Waals surface area contributed by atoms with Crippen LogP contribution < -0.4 is 0 Å². The SMILES string of the molecule is Cc1ccc2nc3c(C(=O)c4ccccc4)c(O)n(Cc4ccccc4)c3nc2c1. The summed E-state index contributed by atoms with van der Waals surface area (Å²) in [5.74, 6) is -0.389. The van der Waals surface area contributed by atoms with Crippen molar-refractivity contribution in [3.8, 4) is 5.88 Å². The van der Waals surface area contributed by atoms with E-state index >= 15 is 0 Å². The van der Waals surface area contributed by atoms with Crippen LogP contribution in [0.4, 0.5) is 0 Å². The number of aromatic hydroxyl groups is 1. The van der Waals surface area contributed by atoms with Crippen molar-refractivity contribution in [2.24, 2.45) is 0 Å². The zero-order valence-corrected chi connectivity index (χ0v) is 16.4. The minimum Gasteiger partial charge on any atom is -0.494 e. The quantitative estimate of drug-likeness (QED) is 0.442. The highest BCUT2D eigenvalue weighted by molar-refractivity contribution is 6.17. The fourth-order valence-electron chi connectivity index (χ4n) is 3.71. The third-order valence-electron chi connectivity index (χ3n) is 5.22. The predicted octanol–water partition coefficient (Wildman–Crippen LogP) is 4.88. The van der Waals surface area contributed by atoms with Crippen molar-refractivity contribution in [1.29, 1.82) is 0 Å². The van der Waals surface area contributed by atoms with Gasteiger partial charge in [-0.1, -0.05) is 66.7 Å². The van der Waals surface area contributed by atoms with Gasteiger partial charge in [0.15, 0.2) is 5.65 Å². The number of ketones is 1. The Balaban J connectivity index is 1.79. The summed E-state index contributed by atoms with van der Waals surface area (Å²) in [6, 6.07) is 24.5. The van der Waals surface area contributed by atoms with Crippen molar-refractivity contribution < 1.29 is 9.90 Å². The molecule has 0 radical (unpaired) electrons. The van der Waals surface area contributed by atoms with Gasteiger partial charge in [-0.3, -0.25) is 9.36 Å². The molecular formula is C25H19N3O2. The number of nitrogens with zero attached hydrogens (tertiary/aromatic N) is 3. The van der Waals surface area contributed by atoms with Crippen molar-refractivity contribution in [2.45, 2.75) is 13.5 Å². The van der Waals surface area contributed by atoms with Gasteiger partial charge in [-0.15, -0.1) is 0 Å². The number of carbonyl (C=O) groups excluding carboxylic acids is 1. The molecule has 0 saturated heterocycles. The summed E-state index contributed by atoms with van der Waals surface area (Å²) in [7, 11) is 0. The zero-order valence-electron chi connectivity index (χ0n) is 16.4. The van der Waals surface area contributed by atoms with Crippen LogP contribution in [0.5, 0.6) is 5.88 Å². The van der Waals surface area contributed by atoms with Crippen molar-refractivity contribution in [3.63, 3.8) is 0 Å². The van der Waals surface area contributed by atoms with E-state index in [4.69, 9.17) is 9.97 Å². The standard InChI is InChI=1S/C25H19N3O2/c1-16-12-13-19-20(14-16)27-24-22(26-19)21(23(29)18-10-6-3-7-11-18)25(30)28(24)15-17-8-4-2-5-9-17/h2-14,30H,15H2,1H3. The number of hydrogen-bond donors (Lipinski definition) is 1.